The van der Waals surface area contributed by atoms with Crippen LogP contribution in [0, 0.1) is 6.92 Å². The Bertz CT molecular complexity index is 567. The summed E-state index contributed by atoms with van der Waals surface area (Å²) in [6, 6.07) is 8.02. The Balaban J connectivity index is 2.60. The molecule has 0 amide bonds. The van der Waals surface area contributed by atoms with Crippen LogP contribution in [0.15, 0.2) is 24.3 Å². The number of carbonyl (C=O) groups is 1. The molecule has 4 nitrogen and oxygen atoms in total. The van der Waals surface area contributed by atoms with Crippen molar-refractivity contribution in [3.63, 3.8) is 0 Å². The fourth-order valence-corrected chi connectivity index (χ4v) is 1.89. The number of hydrogen-bond donors (Lipinski definition) is 1. The van der Waals surface area contributed by atoms with E-state index >= 15 is 0 Å². The van der Waals surface area contributed by atoms with Gasteiger partial charge in [0.15, 0.2) is 6.29 Å². The Morgan fingerprint density at radius 3 is 2.39 bits per heavy atom. The van der Waals surface area contributed by atoms with E-state index in [2.05, 4.69) is 5.10 Å². The van der Waals surface area contributed by atoms with Crippen molar-refractivity contribution in [1.82, 2.24) is 9.78 Å². The third-order valence-corrected chi connectivity index (χ3v) is 2.92. The van der Waals surface area contributed by atoms with Gasteiger partial charge in [-0.15, -0.1) is 0 Å². The zero-order chi connectivity index (χ0) is 13.3. The number of carbonyl (C=O) groups excluding carboxylic acids is 1. The number of anilines is 1. The molecule has 2 N–H and O–H groups in total. The van der Waals surface area contributed by atoms with Gasteiger partial charge in [0.05, 0.1) is 5.56 Å². The van der Waals surface area contributed by atoms with Crippen LogP contribution in [-0.2, 0) is 0 Å². The summed E-state index contributed by atoms with van der Waals surface area (Å²) in [7, 11) is 0. The van der Waals surface area contributed by atoms with Crippen molar-refractivity contribution in [2.75, 3.05) is 5.73 Å². The predicted molar refractivity (Wildman–Crippen MR) is 72.6 cm³/mol. The second-order valence-corrected chi connectivity index (χ2v) is 4.67. The van der Waals surface area contributed by atoms with E-state index in [0.717, 1.165) is 11.8 Å². The van der Waals surface area contributed by atoms with Gasteiger partial charge in [0, 0.05) is 11.6 Å². The lowest BCUT2D eigenvalue weighted by Gasteiger charge is -2.06. The van der Waals surface area contributed by atoms with E-state index in [-0.39, 0.29) is 6.04 Å². The maximum atomic E-state index is 11.2. The van der Waals surface area contributed by atoms with E-state index in [4.69, 9.17) is 5.73 Å². The summed E-state index contributed by atoms with van der Waals surface area (Å²) in [6.45, 7) is 5.99. The molecule has 0 unspecified atom stereocenters. The highest BCUT2D eigenvalue weighted by Gasteiger charge is 2.17. The fourth-order valence-electron chi connectivity index (χ4n) is 1.89. The van der Waals surface area contributed by atoms with Gasteiger partial charge in [0.1, 0.15) is 11.5 Å². The second kappa shape index (κ2) is 4.64. The topological polar surface area (TPSA) is 60.9 Å². The van der Waals surface area contributed by atoms with Crippen molar-refractivity contribution in [3.8, 4) is 11.3 Å². The van der Waals surface area contributed by atoms with Crippen LogP contribution >= 0.6 is 0 Å². The largest absolute Gasteiger partial charge is 0.383 e. The van der Waals surface area contributed by atoms with Gasteiger partial charge < -0.3 is 5.73 Å². The molecule has 1 aromatic heterocycles. The number of aldehydes is 1. The van der Waals surface area contributed by atoms with Crippen molar-refractivity contribution in [1.29, 1.82) is 0 Å². The molecule has 0 spiro atoms. The zero-order valence-corrected chi connectivity index (χ0v) is 10.8. The molecule has 4 heteroatoms. The molecule has 0 saturated carbocycles. The lowest BCUT2D eigenvalue weighted by atomic mass is 10.1. The van der Waals surface area contributed by atoms with E-state index in [9.17, 15) is 4.79 Å². The van der Waals surface area contributed by atoms with Crippen LogP contribution < -0.4 is 5.73 Å². The summed E-state index contributed by atoms with van der Waals surface area (Å²) in [5.41, 5.74) is 9.15. The van der Waals surface area contributed by atoms with E-state index in [0.29, 0.717) is 17.1 Å². The van der Waals surface area contributed by atoms with Crippen LogP contribution in [0.25, 0.3) is 11.3 Å². The minimum absolute atomic E-state index is 0.128. The highest BCUT2D eigenvalue weighted by Crippen LogP contribution is 2.27. The highest BCUT2D eigenvalue weighted by molar-refractivity contribution is 5.91. The summed E-state index contributed by atoms with van der Waals surface area (Å²) in [4.78, 5) is 11.2. The number of rotatable bonds is 3. The van der Waals surface area contributed by atoms with Crippen LogP contribution in [0.1, 0.15) is 35.8 Å². The molecule has 0 radical (unpaired) electrons. The molecule has 94 valence electrons. The van der Waals surface area contributed by atoms with Crippen molar-refractivity contribution >= 4 is 12.1 Å². The van der Waals surface area contributed by atoms with Crippen LogP contribution in [0.5, 0.6) is 0 Å². The predicted octanol–water partition coefficient (Wildman–Crippen LogP) is 2.83. The Morgan fingerprint density at radius 1 is 1.28 bits per heavy atom. The summed E-state index contributed by atoms with van der Waals surface area (Å²) < 4.78 is 1.68. The second-order valence-electron chi connectivity index (χ2n) is 4.67. The van der Waals surface area contributed by atoms with Gasteiger partial charge in [0.2, 0.25) is 0 Å². The first-order valence-corrected chi connectivity index (χ1v) is 5.94. The van der Waals surface area contributed by atoms with Gasteiger partial charge >= 0.3 is 0 Å². The summed E-state index contributed by atoms with van der Waals surface area (Å²) in [6.07, 6.45) is 0.774. The van der Waals surface area contributed by atoms with Gasteiger partial charge in [0.25, 0.3) is 0 Å². The molecule has 0 aliphatic heterocycles. The van der Waals surface area contributed by atoms with Crippen molar-refractivity contribution < 1.29 is 4.79 Å². The number of aryl methyl sites for hydroxylation is 1. The summed E-state index contributed by atoms with van der Waals surface area (Å²) >= 11 is 0. The van der Waals surface area contributed by atoms with Crippen molar-refractivity contribution in [2.45, 2.75) is 26.8 Å². The molecule has 0 aliphatic rings. The molecule has 18 heavy (non-hydrogen) atoms. The Morgan fingerprint density at radius 2 is 1.89 bits per heavy atom. The average molecular weight is 243 g/mol. The SMILES string of the molecule is Cc1ccc(-c2nn(C(C)C)c(N)c2C=O)cc1. The lowest BCUT2D eigenvalue weighted by Crippen LogP contribution is -2.07. The number of aromatic nitrogens is 2. The normalized spacial score (nSPS) is 10.9. The minimum Gasteiger partial charge on any atom is -0.383 e. The summed E-state index contributed by atoms with van der Waals surface area (Å²) in [5, 5.41) is 4.44. The Kier molecular flexibility index (Phi) is 3.19. The molecule has 0 saturated heterocycles. The minimum atomic E-state index is 0.128. The maximum absolute atomic E-state index is 11.2. The molecule has 0 atom stereocenters. The van der Waals surface area contributed by atoms with Gasteiger partial charge in [-0.3, -0.25) is 4.79 Å². The lowest BCUT2D eigenvalue weighted by molar-refractivity contribution is 0.112. The Hall–Kier alpha value is -2.10. The van der Waals surface area contributed by atoms with Crippen LogP contribution in [-0.4, -0.2) is 16.1 Å². The maximum Gasteiger partial charge on any atom is 0.156 e. The van der Waals surface area contributed by atoms with Gasteiger partial charge in [-0.05, 0) is 20.8 Å². The van der Waals surface area contributed by atoms with E-state index in [1.54, 1.807) is 4.68 Å². The monoisotopic (exact) mass is 243 g/mol. The van der Waals surface area contributed by atoms with Crippen molar-refractivity contribution in [2.24, 2.45) is 0 Å². The molecule has 2 aromatic rings. The summed E-state index contributed by atoms with van der Waals surface area (Å²) in [5.74, 6) is 0.426. The van der Waals surface area contributed by atoms with Crippen LogP contribution in [0.4, 0.5) is 5.82 Å². The van der Waals surface area contributed by atoms with Crippen LogP contribution in [0.2, 0.25) is 0 Å². The van der Waals surface area contributed by atoms with Gasteiger partial charge in [-0.25, -0.2) is 4.68 Å². The first-order chi connectivity index (χ1) is 8.54. The Labute approximate surface area is 106 Å². The molecule has 0 aliphatic carbocycles. The molecule has 2 rings (SSSR count). The molecular formula is C14H17N3O. The highest BCUT2D eigenvalue weighted by atomic mass is 16.1. The van der Waals surface area contributed by atoms with Crippen molar-refractivity contribution in [3.05, 3.63) is 35.4 Å². The molecule has 0 bridgehead atoms. The average Bonchev–Trinajstić information content (AvgIpc) is 2.67. The molecule has 1 heterocycles. The third-order valence-electron chi connectivity index (χ3n) is 2.92. The van der Waals surface area contributed by atoms with Crippen LogP contribution in [0.3, 0.4) is 0 Å². The molecular weight excluding hydrogens is 226 g/mol. The number of nitrogen functional groups attached to an aromatic ring is 1. The standard InChI is InChI=1S/C14H17N3O/c1-9(2)17-14(15)12(8-18)13(16-17)11-6-4-10(3)5-7-11/h4-9H,15H2,1-3H3. The quantitative estimate of drug-likeness (QED) is 0.843. The fraction of sp³-hybridized carbons (Fsp3) is 0.286. The smallest absolute Gasteiger partial charge is 0.156 e. The first-order valence-electron chi connectivity index (χ1n) is 5.94. The number of hydrogen-bond acceptors (Lipinski definition) is 3. The van der Waals surface area contributed by atoms with E-state index < -0.39 is 0 Å². The molecule has 1 aromatic carbocycles. The number of nitrogens with two attached hydrogens (primary N) is 1. The van der Waals surface area contributed by atoms with Gasteiger partial charge in [-0.1, -0.05) is 29.8 Å². The first kappa shape index (κ1) is 12.4. The number of benzene rings is 1. The van der Waals surface area contributed by atoms with E-state index in [1.165, 1.54) is 5.56 Å². The zero-order valence-electron chi connectivity index (χ0n) is 10.8. The number of nitrogens with zero attached hydrogens (tertiary/aromatic N) is 2. The van der Waals surface area contributed by atoms with E-state index in [1.807, 2.05) is 45.0 Å². The third kappa shape index (κ3) is 2.01. The van der Waals surface area contributed by atoms with Gasteiger partial charge in [-0.2, -0.15) is 5.10 Å². The molecule has 0 fully saturated rings.